The van der Waals surface area contributed by atoms with E-state index < -0.39 is 12.1 Å². The number of carbonyl (C=O) groups is 1. The lowest BCUT2D eigenvalue weighted by Crippen LogP contribution is -2.18. The van der Waals surface area contributed by atoms with Crippen LogP contribution in [0, 0.1) is 0 Å². The number of ether oxygens (including phenoxy) is 1. The Balaban J connectivity index is 1.42. The van der Waals surface area contributed by atoms with Crippen LogP contribution in [0.3, 0.4) is 0 Å². The Morgan fingerprint density at radius 2 is 1.89 bits per heavy atom. The summed E-state index contributed by atoms with van der Waals surface area (Å²) in [5, 5.41) is 0.893. The van der Waals surface area contributed by atoms with E-state index in [2.05, 4.69) is 15.0 Å². The number of hydrogen-bond donors (Lipinski definition) is 1. The number of thioether (sulfide) groups is 1. The number of aromatic amines is 1. The fourth-order valence-electron chi connectivity index (χ4n) is 2.62. The first kappa shape index (κ1) is 17.3. The zero-order valence-electron chi connectivity index (χ0n) is 14.3. The number of carbonyl (C=O) groups excluding carboxylic acids is 1. The summed E-state index contributed by atoms with van der Waals surface area (Å²) < 4.78 is 10.9. The summed E-state index contributed by atoms with van der Waals surface area (Å²) in [5.74, 6) is -0.112. The first-order valence-electron chi connectivity index (χ1n) is 8.27. The molecule has 2 aromatic carbocycles. The van der Waals surface area contributed by atoms with E-state index in [0.717, 1.165) is 17.3 Å². The van der Waals surface area contributed by atoms with Gasteiger partial charge in [0.05, 0.1) is 10.9 Å². The Kier molecular flexibility index (Phi) is 4.64. The van der Waals surface area contributed by atoms with E-state index in [9.17, 15) is 9.59 Å². The molecule has 0 bridgehead atoms. The summed E-state index contributed by atoms with van der Waals surface area (Å²) in [7, 11) is 0. The average molecular weight is 381 g/mol. The van der Waals surface area contributed by atoms with Crippen molar-refractivity contribution in [2.24, 2.45) is 0 Å². The Labute approximate surface area is 157 Å². The predicted molar refractivity (Wildman–Crippen MR) is 102 cm³/mol. The van der Waals surface area contributed by atoms with E-state index in [1.807, 2.05) is 24.3 Å². The molecule has 0 saturated carbocycles. The topological polar surface area (TPSA) is 98.1 Å². The van der Waals surface area contributed by atoms with Gasteiger partial charge in [0.15, 0.2) is 17.5 Å². The van der Waals surface area contributed by atoms with Gasteiger partial charge in [-0.2, -0.15) is 0 Å². The van der Waals surface area contributed by atoms with E-state index in [1.165, 1.54) is 0 Å². The van der Waals surface area contributed by atoms with Crippen LogP contribution >= 0.6 is 11.8 Å². The molecular formula is C19H15N3O4S. The number of fused-ring (bicyclic) bond motifs is 2. The van der Waals surface area contributed by atoms with Crippen molar-refractivity contribution in [3.63, 3.8) is 0 Å². The standard InChI is InChI=1S/C19H15N3O4S/c1-11(17-20-13-7-3-2-6-12(13)18(24)22-17)25-16(23)10-27-19-21-14-8-4-5-9-15(14)26-19/h2-9,11H,10H2,1H3,(H,20,22,24)/t11-/m1/s1. The van der Waals surface area contributed by atoms with Crippen molar-refractivity contribution in [3.05, 3.63) is 64.7 Å². The molecule has 0 amide bonds. The Morgan fingerprint density at radius 1 is 1.15 bits per heavy atom. The molecule has 0 fully saturated rings. The molecule has 7 nitrogen and oxygen atoms in total. The number of para-hydroxylation sites is 3. The third-order valence-electron chi connectivity index (χ3n) is 3.91. The van der Waals surface area contributed by atoms with Crippen LogP contribution in [0.2, 0.25) is 0 Å². The second-order valence-electron chi connectivity index (χ2n) is 5.84. The molecule has 1 atom stereocenters. The van der Waals surface area contributed by atoms with Crippen molar-refractivity contribution in [1.29, 1.82) is 0 Å². The van der Waals surface area contributed by atoms with Crippen LogP contribution in [0.5, 0.6) is 0 Å². The van der Waals surface area contributed by atoms with E-state index in [0.29, 0.717) is 27.5 Å². The minimum atomic E-state index is -0.681. The second-order valence-corrected chi connectivity index (χ2v) is 6.76. The van der Waals surface area contributed by atoms with Gasteiger partial charge in [-0.05, 0) is 31.2 Å². The van der Waals surface area contributed by atoms with Crippen LogP contribution in [-0.4, -0.2) is 26.7 Å². The van der Waals surface area contributed by atoms with Crippen molar-refractivity contribution in [1.82, 2.24) is 15.0 Å². The summed E-state index contributed by atoms with van der Waals surface area (Å²) in [6, 6.07) is 14.4. The third-order valence-corrected chi connectivity index (χ3v) is 4.71. The molecule has 136 valence electrons. The van der Waals surface area contributed by atoms with Gasteiger partial charge in [0.25, 0.3) is 10.8 Å². The van der Waals surface area contributed by atoms with Gasteiger partial charge in [0, 0.05) is 0 Å². The average Bonchev–Trinajstić information content (AvgIpc) is 3.09. The minimum Gasteiger partial charge on any atom is -0.454 e. The Morgan fingerprint density at radius 3 is 2.70 bits per heavy atom. The highest BCUT2D eigenvalue weighted by Crippen LogP contribution is 2.24. The summed E-state index contributed by atoms with van der Waals surface area (Å²) in [6.45, 7) is 1.66. The molecule has 2 aromatic heterocycles. The number of oxazole rings is 1. The van der Waals surface area contributed by atoms with Gasteiger partial charge in [-0.25, -0.2) is 9.97 Å². The van der Waals surface area contributed by atoms with Crippen LogP contribution in [0.15, 0.2) is 63.0 Å². The number of nitrogens with one attached hydrogen (secondary N) is 1. The van der Waals surface area contributed by atoms with Crippen molar-refractivity contribution in [2.75, 3.05) is 5.75 Å². The van der Waals surface area contributed by atoms with Gasteiger partial charge in [-0.15, -0.1) is 0 Å². The highest BCUT2D eigenvalue weighted by Gasteiger charge is 2.17. The van der Waals surface area contributed by atoms with Crippen LogP contribution in [0.25, 0.3) is 22.0 Å². The quantitative estimate of drug-likeness (QED) is 0.417. The Hall–Kier alpha value is -3.13. The molecule has 1 N–H and O–H groups in total. The van der Waals surface area contributed by atoms with Crippen molar-refractivity contribution < 1.29 is 13.9 Å². The fraction of sp³-hybridized carbons (Fsp3) is 0.158. The zero-order valence-corrected chi connectivity index (χ0v) is 15.2. The number of H-pyrrole nitrogens is 1. The van der Waals surface area contributed by atoms with Gasteiger partial charge in [-0.3, -0.25) is 9.59 Å². The lowest BCUT2D eigenvalue weighted by molar-refractivity contribution is -0.145. The molecule has 0 saturated heterocycles. The molecule has 27 heavy (non-hydrogen) atoms. The maximum absolute atomic E-state index is 12.1. The first-order valence-corrected chi connectivity index (χ1v) is 9.25. The molecule has 2 heterocycles. The van der Waals surface area contributed by atoms with Crippen LogP contribution < -0.4 is 5.56 Å². The van der Waals surface area contributed by atoms with Gasteiger partial charge < -0.3 is 14.1 Å². The van der Waals surface area contributed by atoms with E-state index in [-0.39, 0.29) is 11.3 Å². The SMILES string of the molecule is C[C@@H](OC(=O)CSc1nc2ccccc2o1)c1nc2ccccc2c(=O)[nH]1. The summed E-state index contributed by atoms with van der Waals surface area (Å²) >= 11 is 1.15. The second kappa shape index (κ2) is 7.24. The molecule has 4 aromatic rings. The fourth-order valence-corrected chi connectivity index (χ4v) is 3.24. The van der Waals surface area contributed by atoms with Crippen LogP contribution in [-0.2, 0) is 9.53 Å². The zero-order chi connectivity index (χ0) is 18.8. The molecule has 0 aliphatic heterocycles. The van der Waals surface area contributed by atoms with Crippen LogP contribution in [0.4, 0.5) is 0 Å². The summed E-state index contributed by atoms with van der Waals surface area (Å²) in [5.41, 5.74) is 1.69. The molecule has 0 aliphatic rings. The first-order chi connectivity index (χ1) is 13.1. The molecule has 0 radical (unpaired) electrons. The summed E-state index contributed by atoms with van der Waals surface area (Å²) in [6.07, 6.45) is -0.681. The number of benzene rings is 2. The van der Waals surface area contributed by atoms with E-state index >= 15 is 0 Å². The molecule has 0 aliphatic carbocycles. The number of hydrogen-bond acceptors (Lipinski definition) is 7. The molecule has 4 rings (SSSR count). The monoisotopic (exact) mass is 381 g/mol. The van der Waals surface area contributed by atoms with Crippen LogP contribution in [0.1, 0.15) is 18.9 Å². The highest BCUT2D eigenvalue weighted by molar-refractivity contribution is 7.99. The van der Waals surface area contributed by atoms with E-state index in [4.69, 9.17) is 9.15 Å². The number of rotatable bonds is 5. The predicted octanol–water partition coefficient (Wildman–Crippen LogP) is 3.46. The van der Waals surface area contributed by atoms with Crippen molar-refractivity contribution in [3.8, 4) is 0 Å². The van der Waals surface area contributed by atoms with Gasteiger partial charge in [0.2, 0.25) is 0 Å². The van der Waals surface area contributed by atoms with Crippen molar-refractivity contribution in [2.45, 2.75) is 18.3 Å². The summed E-state index contributed by atoms with van der Waals surface area (Å²) in [4.78, 5) is 35.6. The van der Waals surface area contributed by atoms with E-state index in [1.54, 1.807) is 31.2 Å². The maximum Gasteiger partial charge on any atom is 0.317 e. The highest BCUT2D eigenvalue weighted by atomic mass is 32.2. The molecule has 8 heteroatoms. The van der Waals surface area contributed by atoms with Gasteiger partial charge in [0.1, 0.15) is 11.3 Å². The van der Waals surface area contributed by atoms with Gasteiger partial charge >= 0.3 is 5.97 Å². The largest absolute Gasteiger partial charge is 0.454 e. The van der Waals surface area contributed by atoms with Crippen molar-refractivity contribution >= 4 is 39.7 Å². The molecular weight excluding hydrogens is 366 g/mol. The maximum atomic E-state index is 12.1. The minimum absolute atomic E-state index is 0.0367. The third kappa shape index (κ3) is 3.70. The number of nitrogens with zero attached hydrogens (tertiary/aromatic N) is 2. The molecule has 0 unspecified atom stereocenters. The smallest absolute Gasteiger partial charge is 0.317 e. The lowest BCUT2D eigenvalue weighted by atomic mass is 10.2. The Bertz CT molecular complexity index is 1150. The lowest BCUT2D eigenvalue weighted by Gasteiger charge is -2.12. The normalized spacial score (nSPS) is 12.3. The number of aromatic nitrogens is 3. The van der Waals surface area contributed by atoms with Gasteiger partial charge in [-0.1, -0.05) is 36.0 Å². The molecule has 0 spiro atoms. The number of esters is 1.